The van der Waals surface area contributed by atoms with Gasteiger partial charge in [-0.15, -0.1) is 13.2 Å². The van der Waals surface area contributed by atoms with Crippen LogP contribution in [0.3, 0.4) is 0 Å². The lowest BCUT2D eigenvalue weighted by Crippen LogP contribution is -2.50. The summed E-state index contributed by atoms with van der Waals surface area (Å²) in [4.78, 5) is 25.7. The fourth-order valence-electron chi connectivity index (χ4n) is 4.68. The summed E-state index contributed by atoms with van der Waals surface area (Å²) >= 11 is 0. The maximum Gasteiger partial charge on any atom is 0.573 e. The van der Waals surface area contributed by atoms with Gasteiger partial charge >= 0.3 is 12.5 Å². The molecule has 2 atom stereocenters. The van der Waals surface area contributed by atoms with Gasteiger partial charge in [0.05, 0.1) is 7.11 Å². The lowest BCUT2D eigenvalue weighted by molar-refractivity contribution is -0.274. The van der Waals surface area contributed by atoms with Gasteiger partial charge in [-0.25, -0.2) is 4.79 Å². The second-order valence-electron chi connectivity index (χ2n) is 8.17. The van der Waals surface area contributed by atoms with E-state index in [0.29, 0.717) is 31.5 Å². The summed E-state index contributed by atoms with van der Waals surface area (Å²) < 4.78 is 46.4. The number of nitrogens with one attached hydrogen (secondary N) is 1. The fourth-order valence-corrected chi connectivity index (χ4v) is 4.68. The molecule has 6 nitrogen and oxygen atoms in total. The Bertz CT molecular complexity index is 811. The molecule has 1 saturated heterocycles. The van der Waals surface area contributed by atoms with E-state index in [1.54, 1.807) is 13.0 Å². The van der Waals surface area contributed by atoms with E-state index in [4.69, 9.17) is 0 Å². The van der Waals surface area contributed by atoms with Crippen LogP contribution in [-0.4, -0.2) is 49.5 Å². The van der Waals surface area contributed by atoms with E-state index >= 15 is 0 Å². The molecule has 2 saturated carbocycles. The SMILES string of the molecule is CC.COC(=O)NC1CC(C(=O)N2CC3C(C2)C3c2ccc(C)c(OC(F)(F)F)c2)C1. The van der Waals surface area contributed by atoms with Crippen LogP contribution in [0.2, 0.25) is 0 Å². The third-order valence-corrected chi connectivity index (χ3v) is 6.32. The highest BCUT2D eigenvalue weighted by Crippen LogP contribution is 2.59. The van der Waals surface area contributed by atoms with Gasteiger partial charge in [-0.05, 0) is 54.7 Å². The molecular weight excluding hydrogens is 413 g/mol. The molecule has 0 aromatic heterocycles. The van der Waals surface area contributed by atoms with E-state index in [0.717, 1.165) is 5.56 Å². The van der Waals surface area contributed by atoms with Gasteiger partial charge < -0.3 is 19.7 Å². The molecule has 1 aromatic carbocycles. The van der Waals surface area contributed by atoms with E-state index in [9.17, 15) is 22.8 Å². The van der Waals surface area contributed by atoms with Gasteiger partial charge in [0.1, 0.15) is 5.75 Å². The number of piperidine rings is 1. The molecule has 9 heteroatoms. The highest BCUT2D eigenvalue weighted by molar-refractivity contribution is 5.81. The number of hydrogen-bond acceptors (Lipinski definition) is 4. The molecule has 4 rings (SSSR count). The predicted octanol–water partition coefficient (Wildman–Crippen LogP) is 4.23. The summed E-state index contributed by atoms with van der Waals surface area (Å²) in [7, 11) is 1.30. The monoisotopic (exact) mass is 442 g/mol. The first-order chi connectivity index (χ1) is 14.7. The minimum atomic E-state index is -4.71. The average molecular weight is 442 g/mol. The lowest BCUT2D eigenvalue weighted by atomic mass is 9.79. The molecule has 3 fully saturated rings. The summed E-state index contributed by atoms with van der Waals surface area (Å²) in [5, 5.41) is 2.69. The van der Waals surface area contributed by atoms with Crippen molar-refractivity contribution in [2.45, 2.75) is 51.9 Å². The molecular formula is C22H29F3N2O4. The van der Waals surface area contributed by atoms with Crippen molar-refractivity contribution in [2.24, 2.45) is 17.8 Å². The average Bonchev–Trinajstić information content (AvgIpc) is 3.18. The van der Waals surface area contributed by atoms with Crippen LogP contribution in [-0.2, 0) is 9.53 Å². The topological polar surface area (TPSA) is 67.9 Å². The van der Waals surface area contributed by atoms with Crippen LogP contribution < -0.4 is 10.1 Å². The van der Waals surface area contributed by atoms with Gasteiger partial charge in [0.25, 0.3) is 0 Å². The van der Waals surface area contributed by atoms with Crippen molar-refractivity contribution in [3.63, 3.8) is 0 Å². The number of carbonyl (C=O) groups is 2. The first-order valence-corrected chi connectivity index (χ1v) is 10.7. The Hall–Kier alpha value is -2.45. The molecule has 1 heterocycles. The maximum absolute atomic E-state index is 12.6. The minimum absolute atomic E-state index is 0.0269. The summed E-state index contributed by atoms with van der Waals surface area (Å²) in [5.41, 5.74) is 1.27. The Morgan fingerprint density at radius 1 is 1.13 bits per heavy atom. The van der Waals surface area contributed by atoms with E-state index in [-0.39, 0.29) is 41.4 Å². The van der Waals surface area contributed by atoms with Crippen LogP contribution in [0.4, 0.5) is 18.0 Å². The molecule has 3 aliphatic rings. The van der Waals surface area contributed by atoms with Crippen LogP contribution in [0.15, 0.2) is 18.2 Å². The van der Waals surface area contributed by atoms with Crippen molar-refractivity contribution in [3.05, 3.63) is 29.3 Å². The van der Waals surface area contributed by atoms with Crippen molar-refractivity contribution in [1.29, 1.82) is 0 Å². The Balaban J connectivity index is 0.00000132. The number of amides is 2. The number of carbonyl (C=O) groups excluding carboxylic acids is 2. The highest BCUT2D eigenvalue weighted by Gasteiger charge is 2.58. The minimum Gasteiger partial charge on any atom is -0.453 e. The lowest BCUT2D eigenvalue weighted by Gasteiger charge is -2.37. The van der Waals surface area contributed by atoms with Crippen LogP contribution in [0.25, 0.3) is 0 Å². The van der Waals surface area contributed by atoms with E-state index in [2.05, 4.69) is 14.8 Å². The largest absolute Gasteiger partial charge is 0.573 e. The quantitative estimate of drug-likeness (QED) is 0.758. The zero-order valence-corrected chi connectivity index (χ0v) is 18.2. The van der Waals surface area contributed by atoms with Crippen LogP contribution in [0.5, 0.6) is 5.75 Å². The Kier molecular flexibility index (Phi) is 6.71. The third kappa shape index (κ3) is 5.07. The summed E-state index contributed by atoms with van der Waals surface area (Å²) in [6, 6.07) is 4.95. The van der Waals surface area contributed by atoms with Crippen molar-refractivity contribution in [2.75, 3.05) is 20.2 Å². The van der Waals surface area contributed by atoms with Gasteiger partial charge in [-0.3, -0.25) is 4.79 Å². The van der Waals surface area contributed by atoms with Gasteiger partial charge in [0.15, 0.2) is 0 Å². The molecule has 2 aliphatic carbocycles. The number of rotatable bonds is 4. The fraction of sp³-hybridized carbons (Fsp3) is 0.636. The number of alkyl halides is 3. The van der Waals surface area contributed by atoms with Gasteiger partial charge in [-0.1, -0.05) is 26.0 Å². The van der Waals surface area contributed by atoms with Crippen molar-refractivity contribution >= 4 is 12.0 Å². The second-order valence-corrected chi connectivity index (χ2v) is 8.17. The molecule has 31 heavy (non-hydrogen) atoms. The molecule has 1 aliphatic heterocycles. The van der Waals surface area contributed by atoms with Crippen LogP contribution in [0, 0.1) is 24.7 Å². The number of hydrogen-bond donors (Lipinski definition) is 1. The number of halogens is 3. The Morgan fingerprint density at radius 3 is 2.29 bits per heavy atom. The van der Waals surface area contributed by atoms with Gasteiger partial charge in [-0.2, -0.15) is 0 Å². The number of fused-ring (bicyclic) bond motifs is 1. The second kappa shape index (κ2) is 8.96. The van der Waals surface area contributed by atoms with Gasteiger partial charge in [0, 0.05) is 25.0 Å². The number of benzene rings is 1. The normalized spacial score (nSPS) is 28.5. The first-order valence-electron chi connectivity index (χ1n) is 10.7. The number of nitrogens with zero attached hydrogens (tertiary/aromatic N) is 1. The summed E-state index contributed by atoms with van der Waals surface area (Å²) in [5.74, 6) is 0.592. The Morgan fingerprint density at radius 2 is 1.74 bits per heavy atom. The molecule has 2 unspecified atom stereocenters. The van der Waals surface area contributed by atoms with Crippen molar-refractivity contribution in [3.8, 4) is 5.75 Å². The summed E-state index contributed by atoms with van der Waals surface area (Å²) in [6.07, 6.45) is -3.98. The first kappa shape index (κ1) is 23.2. The summed E-state index contributed by atoms with van der Waals surface area (Å²) in [6.45, 7) is 6.84. The van der Waals surface area contributed by atoms with E-state index in [1.807, 2.05) is 24.8 Å². The number of ether oxygens (including phenoxy) is 2. The molecule has 2 amide bonds. The van der Waals surface area contributed by atoms with E-state index in [1.165, 1.54) is 13.2 Å². The van der Waals surface area contributed by atoms with Crippen LogP contribution >= 0.6 is 0 Å². The standard InChI is InChI=1S/C20H23F3N2O4.C2H6/c1-10-3-4-11(7-16(10)29-20(21,22)23)17-14-8-25(9-15(14)17)18(26)12-5-13(6-12)24-19(27)28-2;1-2/h3-4,7,12-15,17H,5-6,8-9H2,1-2H3,(H,24,27);1-2H3. The van der Waals surface area contributed by atoms with Gasteiger partial charge in [0.2, 0.25) is 5.91 Å². The van der Waals surface area contributed by atoms with Crippen molar-refractivity contribution < 1.29 is 32.2 Å². The maximum atomic E-state index is 12.6. The molecule has 0 bridgehead atoms. The molecule has 0 radical (unpaired) electrons. The molecule has 1 N–H and O–H groups in total. The zero-order valence-electron chi connectivity index (χ0n) is 18.2. The van der Waals surface area contributed by atoms with Crippen LogP contribution in [0.1, 0.15) is 43.7 Å². The number of aryl methyl sites for hydroxylation is 1. The molecule has 172 valence electrons. The van der Waals surface area contributed by atoms with E-state index < -0.39 is 12.5 Å². The number of methoxy groups -OCH3 is 1. The molecule has 1 aromatic rings. The zero-order chi connectivity index (χ0) is 22.9. The molecule has 0 spiro atoms. The number of alkyl carbamates (subject to hydrolysis) is 1. The Labute approximate surface area is 180 Å². The van der Waals surface area contributed by atoms with Crippen molar-refractivity contribution in [1.82, 2.24) is 10.2 Å². The predicted molar refractivity (Wildman–Crippen MR) is 108 cm³/mol. The smallest absolute Gasteiger partial charge is 0.453 e. The highest BCUT2D eigenvalue weighted by atomic mass is 19.4. The third-order valence-electron chi connectivity index (χ3n) is 6.32. The number of likely N-dealkylation sites (tertiary alicyclic amines) is 1.